The molecule has 0 fully saturated rings. The minimum atomic E-state index is 0.351. The summed E-state index contributed by atoms with van der Waals surface area (Å²) in [5.41, 5.74) is 1.36. The van der Waals surface area contributed by atoms with Crippen LogP contribution >= 0.6 is 65.8 Å². The van der Waals surface area contributed by atoms with Gasteiger partial charge in [0.15, 0.2) is 0 Å². The number of nitrogens with one attached hydrogen (secondary N) is 1. The molecule has 102 valence electrons. The van der Waals surface area contributed by atoms with E-state index in [0.717, 1.165) is 17.4 Å². The summed E-state index contributed by atoms with van der Waals surface area (Å²) in [7, 11) is 0. The average Bonchev–Trinajstić information content (AvgIpc) is 2.78. The normalized spacial score (nSPS) is 12.6. The van der Waals surface area contributed by atoms with Crippen LogP contribution in [0.5, 0.6) is 0 Å². The molecule has 0 amide bonds. The van der Waals surface area contributed by atoms with E-state index in [2.05, 4.69) is 96.3 Å². The molecule has 0 bridgehead atoms. The lowest BCUT2D eigenvalue weighted by molar-refractivity contribution is 0.550. The summed E-state index contributed by atoms with van der Waals surface area (Å²) in [6.45, 7) is 3.12. The second-order valence-corrected chi connectivity index (χ2v) is 8.10. The third-order valence-electron chi connectivity index (χ3n) is 2.86. The van der Waals surface area contributed by atoms with Gasteiger partial charge in [-0.05, 0) is 80.3 Å². The van der Waals surface area contributed by atoms with E-state index in [1.807, 2.05) is 11.3 Å². The Kier molecular flexibility index (Phi) is 6.33. The Bertz CT molecular complexity index is 556. The van der Waals surface area contributed by atoms with Crippen molar-refractivity contribution in [3.05, 3.63) is 52.6 Å². The zero-order chi connectivity index (χ0) is 13.8. The van der Waals surface area contributed by atoms with Gasteiger partial charge in [0.2, 0.25) is 0 Å². The average molecular weight is 515 g/mol. The Labute approximate surface area is 148 Å². The maximum absolute atomic E-state index is 3.62. The fourth-order valence-corrected chi connectivity index (χ4v) is 4.63. The van der Waals surface area contributed by atoms with Gasteiger partial charge in [0.25, 0.3) is 0 Å². The van der Waals surface area contributed by atoms with Crippen molar-refractivity contribution in [1.82, 2.24) is 5.32 Å². The van der Waals surface area contributed by atoms with Gasteiger partial charge in [-0.15, -0.1) is 11.3 Å². The van der Waals surface area contributed by atoms with Gasteiger partial charge in [-0.25, -0.2) is 0 Å². The van der Waals surface area contributed by atoms with Crippen LogP contribution in [0.2, 0.25) is 0 Å². The molecule has 2 rings (SSSR count). The topological polar surface area (TPSA) is 12.0 Å². The third kappa shape index (κ3) is 4.27. The molecular formula is C14H14Br2INS. The van der Waals surface area contributed by atoms with E-state index < -0.39 is 0 Å². The van der Waals surface area contributed by atoms with Gasteiger partial charge in [0.1, 0.15) is 0 Å². The molecule has 0 spiro atoms. The number of hydrogen-bond donors (Lipinski definition) is 1. The molecule has 1 aromatic heterocycles. The molecule has 1 heterocycles. The van der Waals surface area contributed by atoms with E-state index in [1.54, 1.807) is 0 Å². The van der Waals surface area contributed by atoms with Crippen LogP contribution in [0, 0.1) is 3.57 Å². The summed E-state index contributed by atoms with van der Waals surface area (Å²) in [6, 6.07) is 8.94. The summed E-state index contributed by atoms with van der Waals surface area (Å²) >= 11 is 11.4. The van der Waals surface area contributed by atoms with Crippen molar-refractivity contribution < 1.29 is 0 Å². The Balaban J connectivity index is 2.29. The predicted octanol–water partition coefficient (Wildman–Crippen LogP) is 5.77. The zero-order valence-corrected chi connectivity index (χ0v) is 16.6. The third-order valence-corrected chi connectivity index (χ3v) is 6.29. The van der Waals surface area contributed by atoms with E-state index >= 15 is 0 Å². The SMILES string of the molecule is CCNC(Cc1sccc1Br)c1cc(Br)ccc1I. The summed E-state index contributed by atoms with van der Waals surface area (Å²) in [5, 5.41) is 5.73. The maximum atomic E-state index is 3.62. The second-order valence-electron chi connectivity index (χ2n) is 4.17. The number of hydrogen-bond acceptors (Lipinski definition) is 2. The van der Waals surface area contributed by atoms with Crippen LogP contribution in [0.4, 0.5) is 0 Å². The Morgan fingerprint density at radius 2 is 2.11 bits per heavy atom. The van der Waals surface area contributed by atoms with E-state index in [4.69, 9.17) is 0 Å². The van der Waals surface area contributed by atoms with Crippen molar-refractivity contribution in [2.75, 3.05) is 6.54 Å². The molecule has 5 heteroatoms. The minimum absolute atomic E-state index is 0.351. The van der Waals surface area contributed by atoms with Crippen molar-refractivity contribution in [2.45, 2.75) is 19.4 Å². The predicted molar refractivity (Wildman–Crippen MR) is 99.0 cm³/mol. The first-order valence-electron chi connectivity index (χ1n) is 6.02. The molecule has 2 aromatic rings. The first-order valence-corrected chi connectivity index (χ1v) is 9.56. The Hall–Kier alpha value is 0.570. The van der Waals surface area contributed by atoms with Gasteiger partial charge >= 0.3 is 0 Å². The number of benzene rings is 1. The van der Waals surface area contributed by atoms with Gasteiger partial charge in [0.05, 0.1) is 0 Å². The smallest absolute Gasteiger partial charge is 0.0380 e. The molecule has 0 aliphatic rings. The van der Waals surface area contributed by atoms with Crippen LogP contribution in [-0.4, -0.2) is 6.54 Å². The van der Waals surface area contributed by atoms with Crippen LogP contribution in [0.3, 0.4) is 0 Å². The van der Waals surface area contributed by atoms with Gasteiger partial charge in [-0.3, -0.25) is 0 Å². The lowest BCUT2D eigenvalue weighted by atomic mass is 10.0. The molecule has 1 aromatic carbocycles. The molecule has 0 radical (unpaired) electrons. The Morgan fingerprint density at radius 3 is 2.74 bits per heavy atom. The number of rotatable bonds is 5. The first-order chi connectivity index (χ1) is 9.11. The number of likely N-dealkylation sites (N-methyl/N-ethyl adjacent to an activating group) is 1. The van der Waals surface area contributed by atoms with Gasteiger partial charge in [-0.1, -0.05) is 22.9 Å². The van der Waals surface area contributed by atoms with E-state index in [9.17, 15) is 0 Å². The highest BCUT2D eigenvalue weighted by molar-refractivity contribution is 14.1. The van der Waals surface area contributed by atoms with E-state index in [-0.39, 0.29) is 0 Å². The summed E-state index contributed by atoms with van der Waals surface area (Å²) in [6.07, 6.45) is 1.01. The molecule has 1 unspecified atom stereocenters. The molecule has 1 atom stereocenters. The summed E-state index contributed by atoms with van der Waals surface area (Å²) in [4.78, 5) is 1.39. The quantitative estimate of drug-likeness (QED) is 0.499. The fourth-order valence-electron chi connectivity index (χ4n) is 1.98. The second kappa shape index (κ2) is 7.54. The zero-order valence-electron chi connectivity index (χ0n) is 10.4. The molecule has 0 saturated carbocycles. The van der Waals surface area contributed by atoms with Crippen molar-refractivity contribution >= 4 is 65.8 Å². The van der Waals surface area contributed by atoms with Crippen LogP contribution in [0.15, 0.2) is 38.6 Å². The molecule has 0 aliphatic heterocycles. The lowest BCUT2D eigenvalue weighted by Crippen LogP contribution is -2.23. The van der Waals surface area contributed by atoms with Crippen molar-refractivity contribution in [3.63, 3.8) is 0 Å². The molecule has 0 aliphatic carbocycles. The highest BCUT2D eigenvalue weighted by Crippen LogP contribution is 2.31. The van der Waals surface area contributed by atoms with Gasteiger partial charge in [-0.2, -0.15) is 0 Å². The summed E-state index contributed by atoms with van der Waals surface area (Å²) < 4.78 is 3.65. The Morgan fingerprint density at radius 1 is 1.32 bits per heavy atom. The maximum Gasteiger partial charge on any atom is 0.0380 e. The van der Waals surface area contributed by atoms with Crippen molar-refractivity contribution in [1.29, 1.82) is 0 Å². The lowest BCUT2D eigenvalue weighted by Gasteiger charge is -2.20. The van der Waals surface area contributed by atoms with Gasteiger partial charge in [0, 0.05) is 29.9 Å². The molecule has 0 saturated heterocycles. The van der Waals surface area contributed by atoms with Crippen molar-refractivity contribution in [3.8, 4) is 0 Å². The molecule has 1 nitrogen and oxygen atoms in total. The van der Waals surface area contributed by atoms with Crippen LogP contribution in [0.1, 0.15) is 23.4 Å². The highest BCUT2D eigenvalue weighted by Gasteiger charge is 2.16. The van der Waals surface area contributed by atoms with Gasteiger partial charge < -0.3 is 5.32 Å². The van der Waals surface area contributed by atoms with E-state index in [0.29, 0.717) is 6.04 Å². The first kappa shape index (κ1) is 15.9. The van der Waals surface area contributed by atoms with Crippen molar-refractivity contribution in [2.24, 2.45) is 0 Å². The fraction of sp³-hybridized carbons (Fsp3) is 0.286. The highest BCUT2D eigenvalue weighted by atomic mass is 127. The number of halogens is 3. The molecule has 19 heavy (non-hydrogen) atoms. The largest absolute Gasteiger partial charge is 0.310 e. The van der Waals surface area contributed by atoms with E-state index in [1.165, 1.54) is 18.5 Å². The number of thiophene rings is 1. The van der Waals surface area contributed by atoms with Crippen LogP contribution in [-0.2, 0) is 6.42 Å². The minimum Gasteiger partial charge on any atom is -0.310 e. The van der Waals surface area contributed by atoms with Crippen LogP contribution < -0.4 is 5.32 Å². The molecular weight excluding hydrogens is 501 g/mol. The standard InChI is InChI=1S/C14H14Br2INS/c1-2-18-13(8-14-11(16)5-6-19-14)10-7-9(15)3-4-12(10)17/h3-7,13,18H,2,8H2,1H3. The van der Waals surface area contributed by atoms with Crippen LogP contribution in [0.25, 0.3) is 0 Å². The molecule has 1 N–H and O–H groups in total. The monoisotopic (exact) mass is 513 g/mol. The summed E-state index contributed by atoms with van der Waals surface area (Å²) in [5.74, 6) is 0.